The Bertz CT molecular complexity index is 408. The lowest BCUT2D eigenvalue weighted by molar-refractivity contribution is 0.295. The highest BCUT2D eigenvalue weighted by molar-refractivity contribution is 6.31. The topological polar surface area (TPSA) is 12.0 Å². The molecule has 1 aliphatic rings. The van der Waals surface area contributed by atoms with Crippen LogP contribution in [0.3, 0.4) is 0 Å². The van der Waals surface area contributed by atoms with Crippen LogP contribution in [-0.2, 0) is 0 Å². The van der Waals surface area contributed by atoms with Crippen molar-refractivity contribution in [3.63, 3.8) is 0 Å². The van der Waals surface area contributed by atoms with Crippen LogP contribution in [0, 0.1) is 11.7 Å². The van der Waals surface area contributed by atoms with Crippen molar-refractivity contribution in [1.82, 2.24) is 5.32 Å². The lowest BCUT2D eigenvalue weighted by Crippen LogP contribution is -2.30. The fraction of sp³-hybridized carbons (Fsp3) is 0.625. The summed E-state index contributed by atoms with van der Waals surface area (Å²) in [5.74, 6) is 0.811. The summed E-state index contributed by atoms with van der Waals surface area (Å²) in [6.07, 6.45) is 6.00. The zero-order valence-corrected chi connectivity index (χ0v) is 12.3. The third-order valence-electron chi connectivity index (χ3n) is 4.10. The van der Waals surface area contributed by atoms with Gasteiger partial charge in [0, 0.05) is 5.02 Å². The Morgan fingerprint density at radius 3 is 2.89 bits per heavy atom. The summed E-state index contributed by atoms with van der Waals surface area (Å²) in [6.45, 7) is 4.25. The molecule has 0 spiro atoms. The van der Waals surface area contributed by atoms with Crippen molar-refractivity contribution >= 4 is 11.6 Å². The number of hydrogen-bond acceptors (Lipinski definition) is 1. The van der Waals surface area contributed by atoms with Crippen LogP contribution in [0.4, 0.5) is 4.39 Å². The van der Waals surface area contributed by atoms with E-state index in [0.717, 1.165) is 31.5 Å². The molecule has 1 N–H and O–H groups in total. The molecule has 0 saturated heterocycles. The first-order valence-electron chi connectivity index (χ1n) is 7.38. The standard InChI is InChI=1S/C16H23ClFN/c1-2-9-19-11-12-5-3-4-6-14(12)15-10-13(18)7-8-16(15)17/h7-8,10,12,14,19H,2-6,9,11H2,1H3. The molecule has 0 amide bonds. The van der Waals surface area contributed by atoms with Crippen LogP contribution >= 0.6 is 11.6 Å². The molecule has 3 heteroatoms. The molecule has 1 saturated carbocycles. The maximum Gasteiger partial charge on any atom is 0.123 e. The molecule has 2 atom stereocenters. The molecule has 1 fully saturated rings. The highest BCUT2D eigenvalue weighted by Gasteiger charge is 2.27. The minimum absolute atomic E-state index is 0.176. The van der Waals surface area contributed by atoms with Crippen LogP contribution < -0.4 is 5.32 Å². The van der Waals surface area contributed by atoms with Crippen molar-refractivity contribution in [3.8, 4) is 0 Å². The number of rotatable bonds is 5. The molecule has 0 heterocycles. The first-order valence-corrected chi connectivity index (χ1v) is 7.75. The van der Waals surface area contributed by atoms with Crippen molar-refractivity contribution in [2.24, 2.45) is 5.92 Å². The fourth-order valence-electron chi connectivity index (χ4n) is 3.12. The van der Waals surface area contributed by atoms with E-state index in [9.17, 15) is 4.39 Å². The molecule has 0 aromatic heterocycles. The predicted octanol–water partition coefficient (Wildman–Crippen LogP) is 4.75. The van der Waals surface area contributed by atoms with Crippen LogP contribution in [0.25, 0.3) is 0 Å². The minimum Gasteiger partial charge on any atom is -0.316 e. The summed E-state index contributed by atoms with van der Waals surface area (Å²) in [5.41, 5.74) is 1.00. The Labute approximate surface area is 120 Å². The largest absolute Gasteiger partial charge is 0.316 e. The van der Waals surface area contributed by atoms with Gasteiger partial charge in [-0.25, -0.2) is 4.39 Å². The monoisotopic (exact) mass is 283 g/mol. The van der Waals surface area contributed by atoms with Gasteiger partial charge in [0.2, 0.25) is 0 Å². The Morgan fingerprint density at radius 1 is 1.32 bits per heavy atom. The lowest BCUT2D eigenvalue weighted by atomic mass is 9.75. The van der Waals surface area contributed by atoms with E-state index in [-0.39, 0.29) is 5.82 Å². The van der Waals surface area contributed by atoms with E-state index >= 15 is 0 Å². The maximum atomic E-state index is 13.5. The quantitative estimate of drug-likeness (QED) is 0.769. The summed E-state index contributed by atoms with van der Waals surface area (Å²) >= 11 is 6.27. The molecular formula is C16H23ClFN. The average Bonchev–Trinajstić information content (AvgIpc) is 2.42. The summed E-state index contributed by atoms with van der Waals surface area (Å²) in [6, 6.07) is 4.77. The van der Waals surface area contributed by atoms with E-state index < -0.39 is 0 Å². The Kier molecular flexibility index (Phi) is 5.65. The molecule has 2 rings (SSSR count). The van der Waals surface area contributed by atoms with Gasteiger partial charge in [0.25, 0.3) is 0 Å². The van der Waals surface area contributed by atoms with Crippen LogP contribution in [0.1, 0.15) is 50.5 Å². The SMILES string of the molecule is CCCNCC1CCCCC1c1cc(F)ccc1Cl. The third kappa shape index (κ3) is 3.93. The minimum atomic E-state index is -0.176. The molecule has 0 radical (unpaired) electrons. The van der Waals surface area contributed by atoms with Gasteiger partial charge in [-0.15, -0.1) is 0 Å². The zero-order chi connectivity index (χ0) is 13.7. The summed E-state index contributed by atoms with van der Waals surface area (Å²) in [4.78, 5) is 0. The van der Waals surface area contributed by atoms with E-state index in [4.69, 9.17) is 11.6 Å². The Morgan fingerprint density at radius 2 is 2.11 bits per heavy atom. The normalized spacial score (nSPS) is 23.5. The second-order valence-corrected chi connectivity index (χ2v) is 5.93. The predicted molar refractivity (Wildman–Crippen MR) is 79.3 cm³/mol. The fourth-order valence-corrected chi connectivity index (χ4v) is 3.38. The second kappa shape index (κ2) is 7.25. The van der Waals surface area contributed by atoms with E-state index in [1.54, 1.807) is 12.1 Å². The molecular weight excluding hydrogens is 261 g/mol. The summed E-state index contributed by atoms with van der Waals surface area (Å²) in [7, 11) is 0. The van der Waals surface area contributed by atoms with E-state index in [2.05, 4.69) is 12.2 Å². The molecule has 19 heavy (non-hydrogen) atoms. The number of halogens is 2. The molecule has 0 bridgehead atoms. The van der Waals surface area contributed by atoms with Crippen molar-refractivity contribution < 1.29 is 4.39 Å². The van der Waals surface area contributed by atoms with Gasteiger partial charge in [-0.3, -0.25) is 0 Å². The average molecular weight is 284 g/mol. The van der Waals surface area contributed by atoms with Crippen LogP contribution in [0.2, 0.25) is 5.02 Å². The van der Waals surface area contributed by atoms with Crippen molar-refractivity contribution in [2.45, 2.75) is 44.9 Å². The maximum absolute atomic E-state index is 13.5. The molecule has 1 aliphatic carbocycles. The molecule has 2 unspecified atom stereocenters. The van der Waals surface area contributed by atoms with Crippen molar-refractivity contribution in [2.75, 3.05) is 13.1 Å². The number of hydrogen-bond donors (Lipinski definition) is 1. The van der Waals surface area contributed by atoms with Gasteiger partial charge in [-0.05, 0) is 68.0 Å². The van der Waals surface area contributed by atoms with Crippen LogP contribution in [-0.4, -0.2) is 13.1 Å². The highest BCUT2D eigenvalue weighted by Crippen LogP contribution is 2.40. The Balaban J connectivity index is 2.11. The first-order chi connectivity index (χ1) is 9.22. The van der Waals surface area contributed by atoms with E-state index in [1.807, 2.05) is 0 Å². The Hall–Kier alpha value is -0.600. The molecule has 1 nitrogen and oxygen atoms in total. The van der Waals surface area contributed by atoms with Gasteiger partial charge >= 0.3 is 0 Å². The summed E-state index contributed by atoms with van der Waals surface area (Å²) < 4.78 is 13.5. The number of benzene rings is 1. The molecule has 1 aromatic carbocycles. The van der Waals surface area contributed by atoms with Gasteiger partial charge in [0.1, 0.15) is 5.82 Å². The van der Waals surface area contributed by atoms with Gasteiger partial charge in [0.05, 0.1) is 0 Å². The van der Waals surface area contributed by atoms with Crippen molar-refractivity contribution in [1.29, 1.82) is 0 Å². The highest BCUT2D eigenvalue weighted by atomic mass is 35.5. The van der Waals surface area contributed by atoms with Crippen molar-refractivity contribution in [3.05, 3.63) is 34.6 Å². The van der Waals surface area contributed by atoms with Gasteiger partial charge in [-0.2, -0.15) is 0 Å². The van der Waals surface area contributed by atoms with E-state index in [0.29, 0.717) is 16.9 Å². The van der Waals surface area contributed by atoms with E-state index in [1.165, 1.54) is 25.3 Å². The number of nitrogens with one attached hydrogen (secondary N) is 1. The molecule has 106 valence electrons. The van der Waals surface area contributed by atoms with Gasteiger partial charge in [0.15, 0.2) is 0 Å². The van der Waals surface area contributed by atoms with Crippen LogP contribution in [0.5, 0.6) is 0 Å². The third-order valence-corrected chi connectivity index (χ3v) is 4.44. The van der Waals surface area contributed by atoms with Crippen LogP contribution in [0.15, 0.2) is 18.2 Å². The van der Waals surface area contributed by atoms with Gasteiger partial charge < -0.3 is 5.32 Å². The first kappa shape index (κ1) is 14.8. The molecule has 1 aromatic rings. The molecule has 0 aliphatic heterocycles. The lowest BCUT2D eigenvalue weighted by Gasteiger charge is -2.32. The second-order valence-electron chi connectivity index (χ2n) is 5.52. The smallest absolute Gasteiger partial charge is 0.123 e. The zero-order valence-electron chi connectivity index (χ0n) is 11.6. The van der Waals surface area contributed by atoms with Gasteiger partial charge in [-0.1, -0.05) is 31.4 Å². The summed E-state index contributed by atoms with van der Waals surface area (Å²) in [5, 5.41) is 4.22.